The molecule has 0 spiro atoms. The van der Waals surface area contributed by atoms with Crippen LogP contribution in [0.1, 0.15) is 12.2 Å². The lowest BCUT2D eigenvalue weighted by Crippen LogP contribution is -2.21. The first kappa shape index (κ1) is 11.6. The van der Waals surface area contributed by atoms with Crippen molar-refractivity contribution in [2.45, 2.75) is 19.4 Å². The van der Waals surface area contributed by atoms with Crippen LogP contribution in [0, 0.1) is 6.92 Å². The van der Waals surface area contributed by atoms with E-state index in [2.05, 4.69) is 15.3 Å². The van der Waals surface area contributed by atoms with Crippen LogP contribution < -0.4 is 5.32 Å². The van der Waals surface area contributed by atoms with Crippen LogP contribution in [-0.4, -0.2) is 35.9 Å². The van der Waals surface area contributed by atoms with Crippen LogP contribution in [0.3, 0.4) is 0 Å². The fourth-order valence-corrected chi connectivity index (χ4v) is 3.62. The molecule has 0 saturated carbocycles. The molecule has 2 heterocycles. The van der Waals surface area contributed by atoms with Crippen molar-refractivity contribution in [3.63, 3.8) is 0 Å². The number of sulfone groups is 1. The van der Waals surface area contributed by atoms with Gasteiger partial charge < -0.3 is 5.32 Å². The van der Waals surface area contributed by atoms with Gasteiger partial charge in [0.25, 0.3) is 0 Å². The van der Waals surface area contributed by atoms with E-state index in [1.807, 2.05) is 0 Å². The van der Waals surface area contributed by atoms with E-state index >= 15 is 0 Å². The SMILES string of the molecule is Cc1nc(Cl)cc(N[C@H]2CCS(=O)(=O)C2)n1. The normalized spacial score (nSPS) is 23.2. The predicted molar refractivity (Wildman–Crippen MR) is 62.5 cm³/mol. The molecular formula is C9H12ClN3O2S. The van der Waals surface area contributed by atoms with E-state index < -0.39 is 9.84 Å². The maximum atomic E-state index is 11.3. The molecule has 1 aromatic rings. The van der Waals surface area contributed by atoms with Crippen molar-refractivity contribution >= 4 is 27.3 Å². The van der Waals surface area contributed by atoms with Crippen molar-refractivity contribution < 1.29 is 8.42 Å². The van der Waals surface area contributed by atoms with Gasteiger partial charge in [0.15, 0.2) is 9.84 Å². The maximum absolute atomic E-state index is 11.3. The van der Waals surface area contributed by atoms with Gasteiger partial charge >= 0.3 is 0 Å². The summed E-state index contributed by atoms with van der Waals surface area (Å²) < 4.78 is 22.5. The minimum atomic E-state index is -2.87. The van der Waals surface area contributed by atoms with Gasteiger partial charge in [0.1, 0.15) is 16.8 Å². The second kappa shape index (κ2) is 4.18. The Morgan fingerprint density at radius 1 is 1.50 bits per heavy atom. The van der Waals surface area contributed by atoms with Crippen LogP contribution in [0.15, 0.2) is 6.07 Å². The summed E-state index contributed by atoms with van der Waals surface area (Å²) in [5, 5.41) is 3.42. The minimum absolute atomic E-state index is 0.0737. The van der Waals surface area contributed by atoms with E-state index in [1.54, 1.807) is 13.0 Å². The number of anilines is 1. The average Bonchev–Trinajstić information content (AvgIpc) is 2.43. The van der Waals surface area contributed by atoms with Gasteiger partial charge in [-0.3, -0.25) is 0 Å². The third kappa shape index (κ3) is 2.82. The lowest BCUT2D eigenvalue weighted by atomic mass is 10.2. The van der Waals surface area contributed by atoms with Crippen LogP contribution in [0.2, 0.25) is 5.15 Å². The summed E-state index contributed by atoms with van der Waals surface area (Å²) >= 11 is 5.78. The molecule has 2 rings (SSSR count). The first-order chi connectivity index (χ1) is 7.44. The van der Waals surface area contributed by atoms with Crippen molar-refractivity contribution in [1.29, 1.82) is 0 Å². The van der Waals surface area contributed by atoms with Gasteiger partial charge in [-0.05, 0) is 13.3 Å². The van der Waals surface area contributed by atoms with Crippen molar-refractivity contribution in [2.75, 3.05) is 16.8 Å². The van der Waals surface area contributed by atoms with Gasteiger partial charge in [-0.25, -0.2) is 18.4 Å². The number of aryl methyl sites for hydroxylation is 1. The monoisotopic (exact) mass is 261 g/mol. The molecule has 16 heavy (non-hydrogen) atoms. The number of hydrogen-bond acceptors (Lipinski definition) is 5. The van der Waals surface area contributed by atoms with Gasteiger partial charge in [-0.15, -0.1) is 0 Å². The number of hydrogen-bond donors (Lipinski definition) is 1. The van der Waals surface area contributed by atoms with E-state index in [4.69, 9.17) is 11.6 Å². The summed E-state index contributed by atoms with van der Waals surface area (Å²) in [7, 11) is -2.87. The number of aromatic nitrogens is 2. The van der Waals surface area contributed by atoms with Gasteiger partial charge in [0, 0.05) is 12.1 Å². The summed E-state index contributed by atoms with van der Waals surface area (Å²) in [4.78, 5) is 8.08. The van der Waals surface area contributed by atoms with Gasteiger partial charge in [0.05, 0.1) is 11.5 Å². The fraction of sp³-hybridized carbons (Fsp3) is 0.556. The number of nitrogens with zero attached hydrogens (tertiary/aromatic N) is 2. The molecule has 0 aliphatic carbocycles. The Balaban J connectivity index is 2.10. The van der Waals surface area contributed by atoms with Crippen molar-refractivity contribution in [2.24, 2.45) is 0 Å². The molecular weight excluding hydrogens is 250 g/mol. The van der Waals surface area contributed by atoms with E-state index in [9.17, 15) is 8.42 Å². The Bertz CT molecular complexity index is 483. The Morgan fingerprint density at radius 3 is 2.81 bits per heavy atom. The molecule has 0 amide bonds. The van der Waals surface area contributed by atoms with Gasteiger partial charge in [-0.2, -0.15) is 0 Å². The lowest BCUT2D eigenvalue weighted by Gasteiger charge is -2.11. The van der Waals surface area contributed by atoms with Crippen LogP contribution in [0.4, 0.5) is 5.82 Å². The zero-order valence-corrected chi connectivity index (χ0v) is 10.3. The highest BCUT2D eigenvalue weighted by molar-refractivity contribution is 7.91. The molecule has 1 saturated heterocycles. The minimum Gasteiger partial charge on any atom is -0.366 e. The highest BCUT2D eigenvalue weighted by Gasteiger charge is 2.27. The third-order valence-corrected chi connectivity index (χ3v) is 4.35. The molecule has 1 aliphatic rings. The standard InChI is InChI=1S/C9H12ClN3O2S/c1-6-11-8(10)4-9(12-6)13-7-2-3-16(14,15)5-7/h4,7H,2-3,5H2,1H3,(H,11,12,13)/t7-/m0/s1. The summed E-state index contributed by atoms with van der Waals surface area (Å²) in [6, 6.07) is 1.52. The number of rotatable bonds is 2. The molecule has 0 unspecified atom stereocenters. The van der Waals surface area contributed by atoms with E-state index in [0.717, 1.165) is 0 Å². The highest BCUT2D eigenvalue weighted by Crippen LogP contribution is 2.18. The highest BCUT2D eigenvalue weighted by atomic mass is 35.5. The number of halogens is 1. The van der Waals surface area contributed by atoms with Crippen molar-refractivity contribution in [1.82, 2.24) is 9.97 Å². The predicted octanol–water partition coefficient (Wildman–Crippen LogP) is 1.04. The molecule has 0 bridgehead atoms. The zero-order chi connectivity index (χ0) is 11.8. The molecule has 1 atom stereocenters. The van der Waals surface area contributed by atoms with Gasteiger partial charge in [0.2, 0.25) is 0 Å². The summed E-state index contributed by atoms with van der Waals surface area (Å²) in [5.41, 5.74) is 0. The van der Waals surface area contributed by atoms with E-state index in [0.29, 0.717) is 23.2 Å². The second-order valence-corrected chi connectivity index (χ2v) is 6.48. The molecule has 0 radical (unpaired) electrons. The smallest absolute Gasteiger partial charge is 0.152 e. The van der Waals surface area contributed by atoms with Crippen LogP contribution in [0.5, 0.6) is 0 Å². The zero-order valence-electron chi connectivity index (χ0n) is 8.77. The Kier molecular flexibility index (Phi) is 3.03. The fourth-order valence-electron chi connectivity index (χ4n) is 1.72. The molecule has 1 fully saturated rings. The third-order valence-electron chi connectivity index (χ3n) is 2.39. The average molecular weight is 262 g/mol. The summed E-state index contributed by atoms with van der Waals surface area (Å²) in [5.74, 6) is 1.55. The second-order valence-electron chi connectivity index (χ2n) is 3.87. The topological polar surface area (TPSA) is 72.0 Å². The summed E-state index contributed by atoms with van der Waals surface area (Å²) in [6.07, 6.45) is 0.614. The molecule has 88 valence electrons. The first-order valence-electron chi connectivity index (χ1n) is 4.93. The van der Waals surface area contributed by atoms with Crippen LogP contribution in [0.25, 0.3) is 0 Å². The molecule has 5 nitrogen and oxygen atoms in total. The number of nitrogens with one attached hydrogen (secondary N) is 1. The molecule has 0 aromatic carbocycles. The first-order valence-corrected chi connectivity index (χ1v) is 7.13. The Hall–Kier alpha value is -0.880. The van der Waals surface area contributed by atoms with E-state index in [-0.39, 0.29) is 17.5 Å². The lowest BCUT2D eigenvalue weighted by molar-refractivity contribution is 0.602. The molecule has 7 heteroatoms. The molecule has 1 aliphatic heterocycles. The van der Waals surface area contributed by atoms with E-state index in [1.165, 1.54) is 0 Å². The van der Waals surface area contributed by atoms with Gasteiger partial charge in [-0.1, -0.05) is 11.6 Å². The Labute approximate surface area is 99.2 Å². The largest absolute Gasteiger partial charge is 0.366 e. The molecule has 1 N–H and O–H groups in total. The quantitative estimate of drug-likeness (QED) is 0.806. The van der Waals surface area contributed by atoms with Crippen LogP contribution in [-0.2, 0) is 9.84 Å². The maximum Gasteiger partial charge on any atom is 0.152 e. The molecule has 1 aromatic heterocycles. The Morgan fingerprint density at radius 2 is 2.25 bits per heavy atom. The van der Waals surface area contributed by atoms with Crippen molar-refractivity contribution in [3.05, 3.63) is 17.0 Å². The summed E-state index contributed by atoms with van der Waals surface area (Å²) in [6.45, 7) is 1.74. The van der Waals surface area contributed by atoms with Crippen molar-refractivity contribution in [3.8, 4) is 0 Å². The van der Waals surface area contributed by atoms with Crippen LogP contribution >= 0.6 is 11.6 Å².